The Morgan fingerprint density at radius 3 is 2.40 bits per heavy atom. The molecule has 0 heterocycles. The van der Waals surface area contributed by atoms with E-state index in [4.69, 9.17) is 4.74 Å². The number of nitrogens with zero attached hydrogens (tertiary/aromatic N) is 1. The van der Waals surface area contributed by atoms with Gasteiger partial charge in [-0.25, -0.2) is 8.42 Å². The Morgan fingerprint density at radius 1 is 1.00 bits per heavy atom. The summed E-state index contributed by atoms with van der Waals surface area (Å²) in [6, 6.07) is 20.6. The average molecular weight is 425 g/mol. The standard InChI is InChI=1S/C23H24N2O4S/c1-17-11-13-21(14-12-17)30(27,28)25(2)20-9-6-8-18(15-20)23(26)24-16-19-7-4-5-10-22(19)29-3/h4-15H,16H2,1-3H3,(H,24,26). The number of rotatable bonds is 7. The van der Waals surface area contributed by atoms with Crippen LogP contribution < -0.4 is 14.4 Å². The number of methoxy groups -OCH3 is 1. The van der Waals surface area contributed by atoms with Crippen LogP contribution in [0.4, 0.5) is 5.69 Å². The number of nitrogens with one attached hydrogen (secondary N) is 1. The summed E-state index contributed by atoms with van der Waals surface area (Å²) in [6.07, 6.45) is 0. The Kier molecular flexibility index (Phi) is 6.42. The van der Waals surface area contributed by atoms with Crippen molar-refractivity contribution in [2.45, 2.75) is 18.4 Å². The Morgan fingerprint density at radius 2 is 1.70 bits per heavy atom. The van der Waals surface area contributed by atoms with Gasteiger partial charge in [0.05, 0.1) is 17.7 Å². The molecule has 0 atom stereocenters. The Bertz CT molecular complexity index is 1140. The van der Waals surface area contributed by atoms with Gasteiger partial charge in [0.2, 0.25) is 0 Å². The highest BCUT2D eigenvalue weighted by atomic mass is 32.2. The van der Waals surface area contributed by atoms with Crippen LogP contribution in [0.3, 0.4) is 0 Å². The summed E-state index contributed by atoms with van der Waals surface area (Å²) in [5.41, 5.74) is 2.60. The monoisotopic (exact) mass is 424 g/mol. The number of anilines is 1. The van der Waals surface area contributed by atoms with E-state index in [0.717, 1.165) is 11.1 Å². The molecule has 0 spiro atoms. The highest BCUT2D eigenvalue weighted by Gasteiger charge is 2.22. The average Bonchev–Trinajstić information content (AvgIpc) is 2.77. The molecule has 0 aromatic heterocycles. The molecule has 3 aromatic carbocycles. The van der Waals surface area contributed by atoms with Crippen molar-refractivity contribution in [3.8, 4) is 5.75 Å². The van der Waals surface area contributed by atoms with Crippen LogP contribution in [0.25, 0.3) is 0 Å². The third-order valence-corrected chi connectivity index (χ3v) is 6.58. The minimum Gasteiger partial charge on any atom is -0.496 e. The van der Waals surface area contributed by atoms with Gasteiger partial charge in [0.25, 0.3) is 15.9 Å². The van der Waals surface area contributed by atoms with E-state index in [1.807, 2.05) is 31.2 Å². The van der Waals surface area contributed by atoms with Crippen LogP contribution in [0.5, 0.6) is 5.75 Å². The van der Waals surface area contributed by atoms with Gasteiger partial charge in [0.1, 0.15) is 5.75 Å². The molecule has 3 aromatic rings. The van der Waals surface area contributed by atoms with Crippen molar-refractivity contribution in [3.63, 3.8) is 0 Å². The predicted octanol–water partition coefficient (Wildman–Crippen LogP) is 3.76. The summed E-state index contributed by atoms with van der Waals surface area (Å²) >= 11 is 0. The van der Waals surface area contributed by atoms with Crippen molar-refractivity contribution in [1.29, 1.82) is 0 Å². The third kappa shape index (κ3) is 4.63. The van der Waals surface area contributed by atoms with Crippen molar-refractivity contribution in [1.82, 2.24) is 5.32 Å². The lowest BCUT2D eigenvalue weighted by molar-refractivity contribution is 0.0950. The van der Waals surface area contributed by atoms with Gasteiger partial charge in [0.15, 0.2) is 0 Å². The minimum atomic E-state index is -3.73. The van der Waals surface area contributed by atoms with Gasteiger partial charge in [-0.3, -0.25) is 9.10 Å². The number of ether oxygens (including phenoxy) is 1. The second-order valence-corrected chi connectivity index (χ2v) is 8.80. The first kappa shape index (κ1) is 21.4. The van der Waals surface area contributed by atoms with Gasteiger partial charge >= 0.3 is 0 Å². The SMILES string of the molecule is COc1ccccc1CNC(=O)c1cccc(N(C)S(=O)(=O)c2ccc(C)cc2)c1. The predicted molar refractivity (Wildman–Crippen MR) is 117 cm³/mol. The van der Waals surface area contributed by atoms with E-state index in [1.54, 1.807) is 55.6 Å². The van der Waals surface area contributed by atoms with Crippen LogP contribution in [0.15, 0.2) is 77.7 Å². The lowest BCUT2D eigenvalue weighted by Gasteiger charge is -2.20. The molecule has 0 radical (unpaired) electrons. The van der Waals surface area contributed by atoms with Crippen molar-refractivity contribution in [2.75, 3.05) is 18.5 Å². The number of sulfonamides is 1. The molecule has 0 saturated heterocycles. The molecule has 0 bridgehead atoms. The Labute approximate surface area is 177 Å². The van der Waals surface area contributed by atoms with E-state index in [2.05, 4.69) is 5.32 Å². The number of benzene rings is 3. The molecule has 1 N–H and O–H groups in total. The van der Waals surface area contributed by atoms with Crippen molar-refractivity contribution >= 4 is 21.6 Å². The summed E-state index contributed by atoms with van der Waals surface area (Å²) in [7, 11) is -0.679. The minimum absolute atomic E-state index is 0.196. The summed E-state index contributed by atoms with van der Waals surface area (Å²) in [4.78, 5) is 12.8. The van der Waals surface area contributed by atoms with Crippen molar-refractivity contribution < 1.29 is 17.9 Å². The van der Waals surface area contributed by atoms with Crippen LogP contribution in [0.2, 0.25) is 0 Å². The van der Waals surface area contributed by atoms with E-state index < -0.39 is 10.0 Å². The molecule has 3 rings (SSSR count). The molecule has 0 fully saturated rings. The molecule has 0 saturated carbocycles. The van der Waals surface area contributed by atoms with Gasteiger partial charge < -0.3 is 10.1 Å². The van der Waals surface area contributed by atoms with Crippen LogP contribution in [0.1, 0.15) is 21.5 Å². The molecule has 7 heteroatoms. The van der Waals surface area contributed by atoms with Gasteiger partial charge in [0, 0.05) is 24.7 Å². The Balaban J connectivity index is 1.78. The highest BCUT2D eigenvalue weighted by molar-refractivity contribution is 7.92. The maximum absolute atomic E-state index is 12.9. The number of hydrogen-bond acceptors (Lipinski definition) is 4. The van der Waals surface area contributed by atoms with Crippen LogP contribution in [-0.2, 0) is 16.6 Å². The van der Waals surface area contributed by atoms with E-state index in [9.17, 15) is 13.2 Å². The van der Waals surface area contributed by atoms with Crippen molar-refractivity contribution in [3.05, 3.63) is 89.5 Å². The fraction of sp³-hybridized carbons (Fsp3) is 0.174. The molecular weight excluding hydrogens is 400 g/mol. The Hall–Kier alpha value is -3.32. The fourth-order valence-electron chi connectivity index (χ4n) is 2.98. The summed E-state index contributed by atoms with van der Waals surface area (Å²) in [5.74, 6) is 0.388. The van der Waals surface area contributed by atoms with Crippen LogP contribution in [-0.4, -0.2) is 28.5 Å². The second kappa shape index (κ2) is 9.00. The molecule has 156 valence electrons. The molecule has 0 aliphatic rings. The number of carbonyl (C=O) groups excluding carboxylic acids is 1. The smallest absolute Gasteiger partial charge is 0.264 e. The van der Waals surface area contributed by atoms with E-state index >= 15 is 0 Å². The number of para-hydroxylation sites is 1. The largest absolute Gasteiger partial charge is 0.496 e. The first-order chi connectivity index (χ1) is 14.3. The first-order valence-electron chi connectivity index (χ1n) is 9.38. The molecule has 1 amide bonds. The summed E-state index contributed by atoms with van der Waals surface area (Å²) < 4.78 is 32.3. The van der Waals surface area contributed by atoms with Crippen LogP contribution in [0, 0.1) is 6.92 Å². The van der Waals surface area contributed by atoms with Gasteiger partial charge in [-0.2, -0.15) is 0 Å². The topological polar surface area (TPSA) is 75.7 Å². The highest BCUT2D eigenvalue weighted by Crippen LogP contribution is 2.23. The quantitative estimate of drug-likeness (QED) is 0.627. The number of hydrogen-bond donors (Lipinski definition) is 1. The molecule has 30 heavy (non-hydrogen) atoms. The maximum atomic E-state index is 12.9. The fourth-order valence-corrected chi connectivity index (χ4v) is 4.16. The number of carbonyl (C=O) groups is 1. The zero-order valence-corrected chi connectivity index (χ0v) is 17.9. The number of amides is 1. The third-order valence-electron chi connectivity index (χ3n) is 4.78. The summed E-state index contributed by atoms with van der Waals surface area (Å²) in [5, 5.41) is 2.85. The van der Waals surface area contributed by atoms with E-state index in [0.29, 0.717) is 23.5 Å². The zero-order chi connectivity index (χ0) is 21.7. The number of aryl methyl sites for hydroxylation is 1. The molecule has 0 aliphatic carbocycles. The maximum Gasteiger partial charge on any atom is 0.264 e. The zero-order valence-electron chi connectivity index (χ0n) is 17.1. The van der Waals surface area contributed by atoms with Gasteiger partial charge in [-0.1, -0.05) is 42.0 Å². The lowest BCUT2D eigenvalue weighted by Crippen LogP contribution is -2.27. The normalized spacial score (nSPS) is 11.0. The second-order valence-electron chi connectivity index (χ2n) is 6.83. The van der Waals surface area contributed by atoms with Crippen molar-refractivity contribution in [2.24, 2.45) is 0 Å². The first-order valence-corrected chi connectivity index (χ1v) is 10.8. The lowest BCUT2D eigenvalue weighted by atomic mass is 10.1. The molecule has 0 unspecified atom stereocenters. The molecular formula is C23H24N2O4S. The van der Waals surface area contributed by atoms with Gasteiger partial charge in [-0.05, 0) is 43.3 Å². The van der Waals surface area contributed by atoms with E-state index in [1.165, 1.54) is 11.4 Å². The molecule has 6 nitrogen and oxygen atoms in total. The summed E-state index contributed by atoms with van der Waals surface area (Å²) in [6.45, 7) is 2.19. The van der Waals surface area contributed by atoms with E-state index in [-0.39, 0.29) is 10.8 Å². The van der Waals surface area contributed by atoms with Crippen LogP contribution >= 0.6 is 0 Å². The van der Waals surface area contributed by atoms with Gasteiger partial charge in [-0.15, -0.1) is 0 Å². The molecule has 0 aliphatic heterocycles.